The van der Waals surface area contributed by atoms with Crippen LogP contribution in [0.2, 0.25) is 0 Å². The highest BCUT2D eigenvalue weighted by Gasteiger charge is 2.38. The zero-order valence-electron chi connectivity index (χ0n) is 15.3. The predicted molar refractivity (Wildman–Crippen MR) is 99.5 cm³/mol. The molecule has 0 atom stereocenters. The van der Waals surface area contributed by atoms with Crippen LogP contribution in [0.1, 0.15) is 37.2 Å². The van der Waals surface area contributed by atoms with Crippen molar-refractivity contribution in [1.82, 2.24) is 15.1 Å². The number of nitrogens with one attached hydrogen (secondary N) is 1. The minimum absolute atomic E-state index is 0.195. The summed E-state index contributed by atoms with van der Waals surface area (Å²) in [7, 11) is 2.02. The zero-order valence-corrected chi connectivity index (χ0v) is 15.3. The molecule has 5 heteroatoms. The fourth-order valence-corrected chi connectivity index (χ4v) is 3.92. The maximum atomic E-state index is 12.3. The smallest absolute Gasteiger partial charge is 0.252 e. The molecule has 2 aliphatic heterocycles. The molecule has 0 saturated carbocycles. The maximum Gasteiger partial charge on any atom is 0.252 e. The van der Waals surface area contributed by atoms with E-state index < -0.39 is 5.60 Å². The molecule has 0 radical (unpaired) electrons. The van der Waals surface area contributed by atoms with Crippen LogP contribution in [0.5, 0.6) is 0 Å². The lowest BCUT2D eigenvalue weighted by Crippen LogP contribution is -2.54. The van der Waals surface area contributed by atoms with Crippen LogP contribution in [0.3, 0.4) is 0 Å². The maximum absolute atomic E-state index is 12.3. The van der Waals surface area contributed by atoms with E-state index >= 15 is 0 Å². The van der Waals surface area contributed by atoms with Crippen molar-refractivity contribution in [3.05, 3.63) is 35.9 Å². The number of piperidine rings is 2. The fourth-order valence-electron chi connectivity index (χ4n) is 3.92. The quantitative estimate of drug-likeness (QED) is 0.848. The van der Waals surface area contributed by atoms with Gasteiger partial charge in [-0.25, -0.2) is 0 Å². The van der Waals surface area contributed by atoms with E-state index in [1.54, 1.807) is 0 Å². The Balaban J connectivity index is 1.37. The average Bonchev–Trinajstić information content (AvgIpc) is 2.65. The Kier molecular flexibility index (Phi) is 6.10. The number of carbonyl (C=O) groups excluding carboxylic acids is 1. The Morgan fingerprint density at radius 3 is 2.44 bits per heavy atom. The third kappa shape index (κ3) is 4.81. The second-order valence-electron chi connectivity index (χ2n) is 7.62. The first-order valence-corrected chi connectivity index (χ1v) is 9.53. The van der Waals surface area contributed by atoms with Crippen molar-refractivity contribution in [3.63, 3.8) is 0 Å². The number of amides is 1. The number of likely N-dealkylation sites (tertiary alicyclic amines) is 2. The van der Waals surface area contributed by atoms with Crippen molar-refractivity contribution >= 4 is 5.91 Å². The van der Waals surface area contributed by atoms with Gasteiger partial charge in [-0.15, -0.1) is 0 Å². The van der Waals surface area contributed by atoms with E-state index in [0.717, 1.165) is 32.7 Å². The molecule has 3 rings (SSSR count). The summed E-state index contributed by atoms with van der Waals surface area (Å²) in [6.07, 6.45) is 3.40. The molecule has 5 nitrogen and oxygen atoms in total. The lowest BCUT2D eigenvalue weighted by Gasteiger charge is -2.36. The van der Waals surface area contributed by atoms with Crippen molar-refractivity contribution in [2.75, 3.05) is 46.3 Å². The number of hydrogen-bond donors (Lipinski definition) is 2. The standard InChI is InChI=1S/C20H31N3O2/c1-22-14-9-20(25,10-15-22)19(24)21-11-16-23-12-7-18(8-13-23)17-5-3-2-4-6-17/h2-6,18,25H,7-16H2,1H3,(H,21,24). The second kappa shape index (κ2) is 8.30. The number of carbonyl (C=O) groups is 1. The molecule has 0 bridgehead atoms. The van der Waals surface area contributed by atoms with Crippen molar-refractivity contribution < 1.29 is 9.90 Å². The van der Waals surface area contributed by atoms with Gasteiger partial charge in [0.15, 0.2) is 0 Å². The largest absolute Gasteiger partial charge is 0.380 e. The number of nitrogens with zero attached hydrogens (tertiary/aromatic N) is 2. The summed E-state index contributed by atoms with van der Waals surface area (Å²) in [4.78, 5) is 16.9. The second-order valence-corrected chi connectivity index (χ2v) is 7.62. The molecular weight excluding hydrogens is 314 g/mol. The summed E-state index contributed by atoms with van der Waals surface area (Å²) in [6, 6.07) is 10.8. The third-order valence-corrected chi connectivity index (χ3v) is 5.81. The third-order valence-electron chi connectivity index (χ3n) is 5.81. The molecule has 2 aliphatic rings. The molecule has 25 heavy (non-hydrogen) atoms. The van der Waals surface area contributed by atoms with Crippen molar-refractivity contribution in [2.24, 2.45) is 0 Å². The average molecular weight is 345 g/mol. The van der Waals surface area contributed by atoms with E-state index in [-0.39, 0.29) is 5.91 Å². The summed E-state index contributed by atoms with van der Waals surface area (Å²) >= 11 is 0. The van der Waals surface area contributed by atoms with Gasteiger partial charge in [0.25, 0.3) is 5.91 Å². The summed E-state index contributed by atoms with van der Waals surface area (Å²) in [5.74, 6) is 0.465. The van der Waals surface area contributed by atoms with Gasteiger partial charge in [0.2, 0.25) is 0 Å². The van der Waals surface area contributed by atoms with Crippen LogP contribution >= 0.6 is 0 Å². The predicted octanol–water partition coefficient (Wildman–Crippen LogP) is 1.44. The van der Waals surface area contributed by atoms with Gasteiger partial charge in [-0.05, 0) is 57.3 Å². The highest BCUT2D eigenvalue weighted by atomic mass is 16.3. The van der Waals surface area contributed by atoms with E-state index in [2.05, 4.69) is 45.4 Å². The molecule has 0 aromatic heterocycles. The Morgan fingerprint density at radius 1 is 1.16 bits per heavy atom. The van der Waals surface area contributed by atoms with Crippen LogP contribution in [0.4, 0.5) is 0 Å². The van der Waals surface area contributed by atoms with Crippen LogP contribution in [-0.2, 0) is 4.79 Å². The van der Waals surface area contributed by atoms with Crippen LogP contribution in [0.15, 0.2) is 30.3 Å². The zero-order chi connectivity index (χ0) is 17.7. The lowest BCUT2D eigenvalue weighted by atomic mass is 9.89. The van der Waals surface area contributed by atoms with Gasteiger partial charge < -0.3 is 20.2 Å². The summed E-state index contributed by atoms with van der Waals surface area (Å²) in [6.45, 7) is 5.18. The van der Waals surface area contributed by atoms with Crippen LogP contribution in [-0.4, -0.2) is 72.7 Å². The molecule has 2 fully saturated rings. The number of hydrogen-bond acceptors (Lipinski definition) is 4. The number of benzene rings is 1. The number of rotatable bonds is 5. The molecule has 138 valence electrons. The van der Waals surface area contributed by atoms with E-state index in [4.69, 9.17) is 0 Å². The SMILES string of the molecule is CN1CCC(O)(C(=O)NCCN2CCC(c3ccccc3)CC2)CC1. The van der Waals surface area contributed by atoms with E-state index in [1.807, 2.05) is 7.05 Å². The van der Waals surface area contributed by atoms with E-state index in [9.17, 15) is 9.90 Å². The van der Waals surface area contributed by atoms with Crippen molar-refractivity contribution in [2.45, 2.75) is 37.2 Å². The highest BCUT2D eigenvalue weighted by molar-refractivity contribution is 5.85. The van der Waals surface area contributed by atoms with Crippen LogP contribution < -0.4 is 5.32 Å². The summed E-state index contributed by atoms with van der Waals surface area (Å²) in [5.41, 5.74) is 0.271. The fraction of sp³-hybridized carbons (Fsp3) is 0.650. The first kappa shape index (κ1) is 18.4. The van der Waals surface area contributed by atoms with Crippen molar-refractivity contribution in [3.8, 4) is 0 Å². The normalized spacial score (nSPS) is 22.6. The molecule has 0 spiro atoms. The monoisotopic (exact) mass is 345 g/mol. The van der Waals surface area contributed by atoms with E-state index in [1.165, 1.54) is 18.4 Å². The first-order valence-electron chi connectivity index (χ1n) is 9.53. The van der Waals surface area contributed by atoms with Gasteiger partial charge in [-0.1, -0.05) is 30.3 Å². The van der Waals surface area contributed by atoms with Gasteiger partial charge in [-0.2, -0.15) is 0 Å². The lowest BCUT2D eigenvalue weighted by molar-refractivity contribution is -0.144. The minimum atomic E-state index is -1.17. The molecule has 2 N–H and O–H groups in total. The Labute approximate surface area is 151 Å². The van der Waals surface area contributed by atoms with Crippen LogP contribution in [0.25, 0.3) is 0 Å². The molecule has 1 aromatic carbocycles. The molecule has 1 amide bonds. The molecule has 0 aliphatic carbocycles. The summed E-state index contributed by atoms with van der Waals surface area (Å²) in [5, 5.41) is 13.5. The molecule has 2 saturated heterocycles. The van der Waals surface area contributed by atoms with E-state index in [0.29, 0.717) is 25.3 Å². The van der Waals surface area contributed by atoms with Gasteiger partial charge in [0, 0.05) is 26.2 Å². The molecule has 0 unspecified atom stereocenters. The van der Waals surface area contributed by atoms with Gasteiger partial charge in [0.05, 0.1) is 0 Å². The first-order chi connectivity index (χ1) is 12.1. The van der Waals surface area contributed by atoms with Gasteiger partial charge in [0.1, 0.15) is 5.60 Å². The Bertz CT molecular complexity index is 547. The topological polar surface area (TPSA) is 55.8 Å². The Hall–Kier alpha value is -1.43. The number of aliphatic hydroxyl groups is 1. The van der Waals surface area contributed by atoms with Crippen LogP contribution in [0, 0.1) is 0 Å². The van der Waals surface area contributed by atoms with Gasteiger partial charge in [-0.3, -0.25) is 4.79 Å². The molecule has 2 heterocycles. The molecule has 1 aromatic rings. The minimum Gasteiger partial charge on any atom is -0.380 e. The highest BCUT2D eigenvalue weighted by Crippen LogP contribution is 2.27. The summed E-state index contributed by atoms with van der Waals surface area (Å²) < 4.78 is 0. The van der Waals surface area contributed by atoms with Crippen molar-refractivity contribution in [1.29, 1.82) is 0 Å². The molecular formula is C20H31N3O2. The van der Waals surface area contributed by atoms with Gasteiger partial charge >= 0.3 is 0 Å². The Morgan fingerprint density at radius 2 is 1.80 bits per heavy atom.